The van der Waals surface area contributed by atoms with Crippen LogP contribution >= 0.6 is 0 Å². The van der Waals surface area contributed by atoms with Gasteiger partial charge >= 0.3 is 6.03 Å². The fourth-order valence-electron chi connectivity index (χ4n) is 2.50. The van der Waals surface area contributed by atoms with Crippen LogP contribution in [-0.4, -0.2) is 12.6 Å². The van der Waals surface area contributed by atoms with Crippen LogP contribution in [0.2, 0.25) is 0 Å². The van der Waals surface area contributed by atoms with E-state index >= 15 is 0 Å². The number of hydrogen-bond acceptors (Lipinski definition) is 1. The highest BCUT2D eigenvalue weighted by molar-refractivity contribution is 5.89. The average Bonchev–Trinajstić information content (AvgIpc) is 3.27. The van der Waals surface area contributed by atoms with E-state index < -0.39 is 0 Å². The van der Waals surface area contributed by atoms with E-state index in [-0.39, 0.29) is 17.3 Å². The van der Waals surface area contributed by atoms with Gasteiger partial charge in [-0.1, -0.05) is 36.4 Å². The fraction of sp³-hybridized carbons (Fsp3) is 0.235. The minimum Gasteiger partial charge on any atom is -0.337 e. The molecule has 0 atom stereocenters. The van der Waals surface area contributed by atoms with Gasteiger partial charge in [0.2, 0.25) is 0 Å². The van der Waals surface area contributed by atoms with Gasteiger partial charge in [-0.25, -0.2) is 9.18 Å². The van der Waals surface area contributed by atoms with E-state index in [2.05, 4.69) is 22.8 Å². The molecule has 108 valence electrons. The van der Waals surface area contributed by atoms with E-state index in [0.29, 0.717) is 12.2 Å². The Morgan fingerprint density at radius 2 is 1.86 bits per heavy atom. The summed E-state index contributed by atoms with van der Waals surface area (Å²) >= 11 is 0. The number of amides is 2. The van der Waals surface area contributed by atoms with Crippen molar-refractivity contribution in [2.24, 2.45) is 0 Å². The molecule has 0 aliphatic heterocycles. The molecule has 3 rings (SSSR count). The number of urea groups is 1. The SMILES string of the molecule is O=C(NCC1(c2ccccc2)CC1)Nc1cccc(F)c1. The van der Waals surface area contributed by atoms with Crippen LogP contribution in [-0.2, 0) is 5.41 Å². The number of rotatable bonds is 4. The number of anilines is 1. The van der Waals surface area contributed by atoms with E-state index in [4.69, 9.17) is 0 Å². The topological polar surface area (TPSA) is 41.1 Å². The second-order valence-corrected chi connectivity index (χ2v) is 5.46. The molecule has 0 bridgehead atoms. The van der Waals surface area contributed by atoms with E-state index in [9.17, 15) is 9.18 Å². The lowest BCUT2D eigenvalue weighted by Crippen LogP contribution is -2.35. The van der Waals surface area contributed by atoms with Crippen molar-refractivity contribution in [3.05, 3.63) is 66.0 Å². The van der Waals surface area contributed by atoms with Crippen molar-refractivity contribution in [1.82, 2.24) is 5.32 Å². The third kappa shape index (κ3) is 3.21. The molecule has 2 N–H and O–H groups in total. The molecule has 0 spiro atoms. The molecule has 1 aliphatic rings. The first kappa shape index (κ1) is 13.6. The van der Waals surface area contributed by atoms with Crippen LogP contribution in [0.15, 0.2) is 54.6 Å². The van der Waals surface area contributed by atoms with Crippen molar-refractivity contribution in [3.8, 4) is 0 Å². The lowest BCUT2D eigenvalue weighted by Gasteiger charge is -2.17. The Hall–Kier alpha value is -2.36. The van der Waals surface area contributed by atoms with Gasteiger partial charge in [-0.05, 0) is 36.6 Å². The molecule has 0 heterocycles. The zero-order valence-electron chi connectivity index (χ0n) is 11.6. The zero-order chi connectivity index (χ0) is 14.7. The first-order valence-corrected chi connectivity index (χ1v) is 7.04. The minimum absolute atomic E-state index is 0.0700. The highest BCUT2D eigenvalue weighted by Crippen LogP contribution is 2.47. The van der Waals surface area contributed by atoms with Gasteiger partial charge in [-0.2, -0.15) is 0 Å². The van der Waals surface area contributed by atoms with Crippen LogP contribution in [0, 0.1) is 5.82 Å². The molecule has 4 heteroatoms. The fourth-order valence-corrected chi connectivity index (χ4v) is 2.50. The highest BCUT2D eigenvalue weighted by atomic mass is 19.1. The normalized spacial score (nSPS) is 15.3. The molecule has 0 aromatic heterocycles. The number of halogens is 1. The summed E-state index contributed by atoms with van der Waals surface area (Å²) in [5.41, 5.74) is 1.79. The number of benzene rings is 2. The summed E-state index contributed by atoms with van der Waals surface area (Å²) in [6, 6.07) is 15.8. The van der Waals surface area contributed by atoms with Gasteiger partial charge < -0.3 is 10.6 Å². The van der Waals surface area contributed by atoms with E-state index in [1.54, 1.807) is 12.1 Å². The van der Waals surface area contributed by atoms with Crippen molar-refractivity contribution < 1.29 is 9.18 Å². The van der Waals surface area contributed by atoms with Crippen molar-refractivity contribution in [2.45, 2.75) is 18.3 Å². The molecular weight excluding hydrogens is 267 g/mol. The Bertz CT molecular complexity index is 638. The van der Waals surface area contributed by atoms with Gasteiger partial charge in [0.1, 0.15) is 5.82 Å². The second kappa shape index (κ2) is 5.56. The van der Waals surface area contributed by atoms with Gasteiger partial charge in [0, 0.05) is 17.6 Å². The smallest absolute Gasteiger partial charge is 0.319 e. The Balaban J connectivity index is 1.57. The van der Waals surface area contributed by atoms with Crippen LogP contribution < -0.4 is 10.6 Å². The summed E-state index contributed by atoms with van der Waals surface area (Å²) in [5.74, 6) is -0.365. The standard InChI is InChI=1S/C17H17FN2O/c18-14-7-4-8-15(11-14)20-16(21)19-12-17(9-10-17)13-5-2-1-3-6-13/h1-8,11H,9-10,12H2,(H2,19,20,21). The zero-order valence-corrected chi connectivity index (χ0v) is 11.6. The summed E-state index contributed by atoms with van der Waals surface area (Å²) in [6.45, 7) is 0.595. The third-order valence-corrected chi connectivity index (χ3v) is 3.91. The van der Waals surface area contributed by atoms with Gasteiger partial charge in [0.05, 0.1) is 0 Å². The van der Waals surface area contributed by atoms with Crippen molar-refractivity contribution in [2.75, 3.05) is 11.9 Å². The Morgan fingerprint density at radius 3 is 2.52 bits per heavy atom. The Kier molecular flexibility index (Phi) is 3.60. The average molecular weight is 284 g/mol. The predicted octanol–water partition coefficient (Wildman–Crippen LogP) is 3.68. The monoisotopic (exact) mass is 284 g/mol. The first-order chi connectivity index (χ1) is 10.2. The molecule has 21 heavy (non-hydrogen) atoms. The van der Waals surface area contributed by atoms with Crippen molar-refractivity contribution >= 4 is 11.7 Å². The lowest BCUT2D eigenvalue weighted by atomic mass is 9.96. The summed E-state index contributed by atoms with van der Waals surface area (Å²) < 4.78 is 13.1. The van der Waals surface area contributed by atoms with Crippen LogP contribution in [0.1, 0.15) is 18.4 Å². The van der Waals surface area contributed by atoms with Crippen LogP contribution in [0.3, 0.4) is 0 Å². The van der Waals surface area contributed by atoms with Crippen molar-refractivity contribution in [3.63, 3.8) is 0 Å². The van der Waals surface area contributed by atoms with Gasteiger partial charge in [-0.3, -0.25) is 0 Å². The van der Waals surface area contributed by atoms with E-state index in [1.165, 1.54) is 17.7 Å². The maximum atomic E-state index is 13.1. The highest BCUT2D eigenvalue weighted by Gasteiger charge is 2.44. The number of carbonyl (C=O) groups excluding carboxylic acids is 1. The Labute approximate surface area is 123 Å². The van der Waals surface area contributed by atoms with E-state index in [0.717, 1.165) is 12.8 Å². The molecule has 2 amide bonds. The second-order valence-electron chi connectivity index (χ2n) is 5.46. The van der Waals surface area contributed by atoms with Crippen LogP contribution in [0.5, 0.6) is 0 Å². The summed E-state index contributed by atoms with van der Waals surface area (Å²) in [7, 11) is 0. The van der Waals surface area contributed by atoms with Crippen LogP contribution in [0.25, 0.3) is 0 Å². The van der Waals surface area contributed by atoms with Gasteiger partial charge in [0.25, 0.3) is 0 Å². The third-order valence-electron chi connectivity index (χ3n) is 3.91. The molecule has 0 saturated heterocycles. The summed E-state index contributed by atoms with van der Waals surface area (Å²) in [5, 5.41) is 5.52. The maximum Gasteiger partial charge on any atom is 0.319 e. The molecule has 1 fully saturated rings. The number of carbonyl (C=O) groups is 1. The molecular formula is C17H17FN2O. The molecule has 1 saturated carbocycles. The predicted molar refractivity (Wildman–Crippen MR) is 80.8 cm³/mol. The summed E-state index contributed by atoms with van der Waals surface area (Å²) in [4.78, 5) is 11.9. The van der Waals surface area contributed by atoms with Crippen LogP contribution in [0.4, 0.5) is 14.9 Å². The minimum atomic E-state index is -0.365. The molecule has 1 aliphatic carbocycles. The van der Waals surface area contributed by atoms with Gasteiger partial charge in [-0.15, -0.1) is 0 Å². The molecule has 0 radical (unpaired) electrons. The lowest BCUT2D eigenvalue weighted by molar-refractivity contribution is 0.251. The number of nitrogens with one attached hydrogen (secondary N) is 2. The first-order valence-electron chi connectivity index (χ1n) is 7.04. The Morgan fingerprint density at radius 1 is 1.10 bits per heavy atom. The number of hydrogen-bond donors (Lipinski definition) is 2. The largest absolute Gasteiger partial charge is 0.337 e. The quantitative estimate of drug-likeness (QED) is 0.883. The van der Waals surface area contributed by atoms with Crippen molar-refractivity contribution in [1.29, 1.82) is 0 Å². The molecule has 3 nitrogen and oxygen atoms in total. The summed E-state index contributed by atoms with van der Waals surface area (Å²) in [6.07, 6.45) is 2.16. The van der Waals surface area contributed by atoms with E-state index in [1.807, 2.05) is 18.2 Å². The molecule has 0 unspecified atom stereocenters. The maximum absolute atomic E-state index is 13.1. The molecule has 2 aromatic rings. The van der Waals surface area contributed by atoms with Gasteiger partial charge in [0.15, 0.2) is 0 Å². The molecule has 2 aromatic carbocycles.